The van der Waals surface area contributed by atoms with Gasteiger partial charge in [0.2, 0.25) is 0 Å². The van der Waals surface area contributed by atoms with Crippen molar-refractivity contribution in [2.45, 2.75) is 19.1 Å². The van der Waals surface area contributed by atoms with Gasteiger partial charge < -0.3 is 5.11 Å². The number of phenolic OH excluding ortho intramolecular Hbond substituents is 1. The van der Waals surface area contributed by atoms with Gasteiger partial charge in [-0.2, -0.15) is 13.2 Å². The van der Waals surface area contributed by atoms with E-state index in [9.17, 15) is 23.1 Å². The van der Waals surface area contributed by atoms with E-state index >= 15 is 0 Å². The first-order valence-electron chi connectivity index (χ1n) is 9.15. The van der Waals surface area contributed by atoms with Crippen LogP contribution in [0.3, 0.4) is 0 Å². The number of rotatable bonds is 4. The highest BCUT2D eigenvalue weighted by molar-refractivity contribution is 5.82. The number of pyridine rings is 1. The van der Waals surface area contributed by atoms with E-state index in [1.54, 1.807) is 18.2 Å². The van der Waals surface area contributed by atoms with Crippen LogP contribution in [0, 0.1) is 0 Å². The molecule has 1 N–H and O–H groups in total. The first-order valence-corrected chi connectivity index (χ1v) is 9.15. The highest BCUT2D eigenvalue weighted by atomic mass is 19.4. The number of aryl methyl sites for hydroxylation is 1. The predicted molar refractivity (Wildman–Crippen MR) is 106 cm³/mol. The zero-order chi connectivity index (χ0) is 21.3. The predicted octanol–water partition coefficient (Wildman–Crippen LogP) is 4.43. The number of fused-ring (bicyclic) bond motifs is 1. The molecule has 0 aliphatic heterocycles. The van der Waals surface area contributed by atoms with Crippen LogP contribution in [0.1, 0.15) is 11.3 Å². The van der Waals surface area contributed by atoms with Crippen molar-refractivity contribution in [1.29, 1.82) is 0 Å². The van der Waals surface area contributed by atoms with Crippen LogP contribution in [0.25, 0.3) is 22.3 Å². The molecule has 152 valence electrons. The van der Waals surface area contributed by atoms with E-state index < -0.39 is 22.8 Å². The summed E-state index contributed by atoms with van der Waals surface area (Å²) in [5.74, 6) is -0.0248. The fourth-order valence-corrected chi connectivity index (χ4v) is 3.34. The SMILES string of the molecule is O=c1c2c(C(F)(F)F)nccc2nc(-c2ccccc2O)n1CCc1ccccc1. The molecule has 5 nitrogen and oxygen atoms in total. The van der Waals surface area contributed by atoms with Gasteiger partial charge in [-0.1, -0.05) is 42.5 Å². The van der Waals surface area contributed by atoms with Crippen molar-refractivity contribution in [3.8, 4) is 17.1 Å². The quantitative estimate of drug-likeness (QED) is 0.540. The minimum atomic E-state index is -4.80. The van der Waals surface area contributed by atoms with Crippen molar-refractivity contribution in [1.82, 2.24) is 14.5 Å². The standard InChI is InChI=1S/C22H16F3N3O2/c23-22(24,25)19-18-16(10-12-26-19)27-20(15-8-4-5-9-17(15)29)28(21(18)30)13-11-14-6-2-1-3-7-14/h1-10,12,29H,11,13H2. The Balaban J connectivity index is 1.97. The summed E-state index contributed by atoms with van der Waals surface area (Å²) in [6.45, 7) is 0.0850. The first kappa shape index (κ1) is 19.6. The molecule has 30 heavy (non-hydrogen) atoms. The lowest BCUT2D eigenvalue weighted by Crippen LogP contribution is -2.27. The molecule has 0 saturated carbocycles. The Bertz CT molecular complexity index is 1270. The van der Waals surface area contributed by atoms with Crippen LogP contribution in [-0.4, -0.2) is 19.6 Å². The van der Waals surface area contributed by atoms with Crippen LogP contribution < -0.4 is 5.56 Å². The van der Waals surface area contributed by atoms with Gasteiger partial charge in [0.25, 0.3) is 5.56 Å². The highest BCUT2D eigenvalue weighted by Crippen LogP contribution is 2.33. The molecule has 2 aromatic carbocycles. The lowest BCUT2D eigenvalue weighted by atomic mass is 10.1. The molecule has 0 radical (unpaired) electrons. The summed E-state index contributed by atoms with van der Waals surface area (Å²) in [4.78, 5) is 20.9. The van der Waals surface area contributed by atoms with Crippen LogP contribution >= 0.6 is 0 Å². The third kappa shape index (κ3) is 3.63. The number of aromatic nitrogens is 3. The molecular formula is C22H16F3N3O2. The molecule has 4 rings (SSSR count). The van der Waals surface area contributed by atoms with E-state index in [2.05, 4.69) is 9.97 Å². The Morgan fingerprint density at radius 3 is 2.37 bits per heavy atom. The van der Waals surface area contributed by atoms with Crippen LogP contribution in [0.5, 0.6) is 5.75 Å². The molecule has 0 saturated heterocycles. The summed E-state index contributed by atoms with van der Waals surface area (Å²) in [7, 11) is 0. The number of hydrogen-bond acceptors (Lipinski definition) is 4. The van der Waals surface area contributed by atoms with Crippen LogP contribution in [0.15, 0.2) is 71.7 Å². The van der Waals surface area contributed by atoms with Gasteiger partial charge in [0.1, 0.15) is 11.6 Å². The molecular weight excluding hydrogens is 395 g/mol. The van der Waals surface area contributed by atoms with E-state index in [1.165, 1.54) is 16.7 Å². The van der Waals surface area contributed by atoms with Crippen LogP contribution in [0.4, 0.5) is 13.2 Å². The Hall–Kier alpha value is -3.68. The smallest absolute Gasteiger partial charge is 0.434 e. The van der Waals surface area contributed by atoms with Crippen molar-refractivity contribution >= 4 is 10.9 Å². The second-order valence-electron chi connectivity index (χ2n) is 6.70. The lowest BCUT2D eigenvalue weighted by Gasteiger charge is -2.16. The first-order chi connectivity index (χ1) is 14.4. The molecule has 2 aromatic heterocycles. The number of benzene rings is 2. The number of nitrogens with zero attached hydrogens (tertiary/aromatic N) is 3. The number of para-hydroxylation sites is 1. The molecule has 0 spiro atoms. The maximum Gasteiger partial charge on any atom is 0.434 e. The van der Waals surface area contributed by atoms with Gasteiger partial charge in [0.15, 0.2) is 5.69 Å². The normalized spacial score (nSPS) is 11.7. The van der Waals surface area contributed by atoms with E-state index in [-0.39, 0.29) is 29.2 Å². The Morgan fingerprint density at radius 1 is 0.967 bits per heavy atom. The monoisotopic (exact) mass is 411 g/mol. The third-order valence-corrected chi connectivity index (χ3v) is 4.75. The van der Waals surface area contributed by atoms with Gasteiger partial charge in [0, 0.05) is 12.7 Å². The van der Waals surface area contributed by atoms with Gasteiger partial charge in [-0.3, -0.25) is 14.3 Å². The van der Waals surface area contributed by atoms with Crippen molar-refractivity contribution in [2.75, 3.05) is 0 Å². The molecule has 0 amide bonds. The minimum Gasteiger partial charge on any atom is -0.507 e. The maximum atomic E-state index is 13.5. The summed E-state index contributed by atoms with van der Waals surface area (Å²) >= 11 is 0. The van der Waals surface area contributed by atoms with Crippen molar-refractivity contribution in [3.05, 3.63) is 88.5 Å². The number of phenols is 1. The molecule has 0 unspecified atom stereocenters. The highest BCUT2D eigenvalue weighted by Gasteiger charge is 2.36. The van der Waals surface area contributed by atoms with Crippen molar-refractivity contribution < 1.29 is 18.3 Å². The number of alkyl halides is 3. The molecule has 0 aliphatic carbocycles. The van der Waals surface area contributed by atoms with Gasteiger partial charge >= 0.3 is 6.18 Å². The second kappa shape index (κ2) is 7.62. The Kier molecular flexibility index (Phi) is 4.99. The van der Waals surface area contributed by atoms with E-state index in [0.29, 0.717) is 6.42 Å². The topological polar surface area (TPSA) is 68.0 Å². The van der Waals surface area contributed by atoms with E-state index in [1.807, 2.05) is 30.3 Å². The third-order valence-electron chi connectivity index (χ3n) is 4.75. The summed E-state index contributed by atoms with van der Waals surface area (Å²) in [6, 6.07) is 16.8. The van der Waals surface area contributed by atoms with Crippen molar-refractivity contribution in [3.63, 3.8) is 0 Å². The molecule has 2 heterocycles. The van der Waals surface area contributed by atoms with Crippen molar-refractivity contribution in [2.24, 2.45) is 0 Å². The summed E-state index contributed by atoms with van der Waals surface area (Å²) in [5.41, 5.74) is -1.08. The molecule has 0 atom stereocenters. The van der Waals surface area contributed by atoms with Crippen LogP contribution in [0.2, 0.25) is 0 Å². The van der Waals surface area contributed by atoms with Gasteiger partial charge in [0.05, 0.1) is 16.5 Å². The summed E-state index contributed by atoms with van der Waals surface area (Å²) in [6.07, 6.45) is -3.43. The maximum absolute atomic E-state index is 13.5. The van der Waals surface area contributed by atoms with Crippen LogP contribution in [-0.2, 0) is 19.1 Å². The molecule has 8 heteroatoms. The summed E-state index contributed by atoms with van der Waals surface area (Å²) < 4.78 is 41.6. The largest absolute Gasteiger partial charge is 0.507 e. The zero-order valence-electron chi connectivity index (χ0n) is 15.6. The Morgan fingerprint density at radius 2 is 1.67 bits per heavy atom. The average Bonchev–Trinajstić information content (AvgIpc) is 2.73. The molecule has 4 aromatic rings. The minimum absolute atomic E-state index is 0.0850. The van der Waals surface area contributed by atoms with Gasteiger partial charge in [-0.15, -0.1) is 0 Å². The number of aromatic hydroxyl groups is 1. The fraction of sp³-hybridized carbons (Fsp3) is 0.136. The average molecular weight is 411 g/mol. The lowest BCUT2D eigenvalue weighted by molar-refractivity contribution is -0.139. The summed E-state index contributed by atoms with van der Waals surface area (Å²) in [5, 5.41) is 9.69. The van der Waals surface area contributed by atoms with Gasteiger partial charge in [-0.05, 0) is 30.2 Å². The number of hydrogen-bond donors (Lipinski definition) is 1. The van der Waals surface area contributed by atoms with E-state index in [4.69, 9.17) is 0 Å². The number of halogens is 3. The molecule has 0 fully saturated rings. The molecule has 0 aliphatic rings. The van der Waals surface area contributed by atoms with E-state index in [0.717, 1.165) is 11.8 Å². The Labute approximate surface area is 169 Å². The fourth-order valence-electron chi connectivity index (χ4n) is 3.34. The zero-order valence-corrected chi connectivity index (χ0v) is 15.6. The van der Waals surface area contributed by atoms with Gasteiger partial charge in [-0.25, -0.2) is 4.98 Å². The second-order valence-corrected chi connectivity index (χ2v) is 6.70. The molecule has 0 bridgehead atoms.